The molecule has 7 heteroatoms. The van der Waals surface area contributed by atoms with Crippen LogP contribution in [0.4, 0.5) is 4.79 Å². The first kappa shape index (κ1) is 8.84. The zero-order valence-electron chi connectivity index (χ0n) is 5.25. The molecule has 0 aromatic rings. The van der Waals surface area contributed by atoms with Crippen molar-refractivity contribution in [1.29, 1.82) is 0 Å². The summed E-state index contributed by atoms with van der Waals surface area (Å²) in [4.78, 5) is 20.1. The van der Waals surface area contributed by atoms with Crippen LogP contribution in [0.3, 0.4) is 0 Å². The average Bonchev–Trinajstić information content (AvgIpc) is 1.58. The van der Waals surface area contributed by atoms with Gasteiger partial charge >= 0.3 is 14.1 Å². The third-order valence-electron chi connectivity index (χ3n) is 0.471. The molecule has 0 aliphatic rings. The lowest BCUT2D eigenvalue weighted by atomic mass is 10.8. The SMILES string of the molecule is CC(=O)N[P+](=O)NC(N)=O. The van der Waals surface area contributed by atoms with Crippen molar-refractivity contribution in [2.75, 3.05) is 0 Å². The van der Waals surface area contributed by atoms with Crippen molar-refractivity contribution in [2.45, 2.75) is 6.92 Å². The van der Waals surface area contributed by atoms with E-state index in [0.717, 1.165) is 0 Å². The first-order chi connectivity index (χ1) is 4.52. The molecule has 1 unspecified atom stereocenters. The van der Waals surface area contributed by atoms with Crippen LogP contribution in [0.2, 0.25) is 0 Å². The van der Waals surface area contributed by atoms with Crippen molar-refractivity contribution in [3.63, 3.8) is 0 Å². The second-order valence-electron chi connectivity index (χ2n) is 1.44. The van der Waals surface area contributed by atoms with Crippen LogP contribution in [0.5, 0.6) is 0 Å². The Labute approximate surface area is 58.0 Å². The Morgan fingerprint density at radius 2 is 1.90 bits per heavy atom. The molecule has 10 heavy (non-hydrogen) atoms. The minimum atomic E-state index is -2.23. The molecular formula is C3H7N3O3P+. The Bertz CT molecular complexity index is 162. The van der Waals surface area contributed by atoms with Gasteiger partial charge in [0.15, 0.2) is 0 Å². The summed E-state index contributed by atoms with van der Waals surface area (Å²) in [5.41, 5.74) is 4.58. The number of nitrogens with two attached hydrogens (primary N) is 1. The van der Waals surface area contributed by atoms with E-state index < -0.39 is 20.0 Å². The molecule has 6 nitrogen and oxygen atoms in total. The van der Waals surface area contributed by atoms with E-state index in [0.29, 0.717) is 0 Å². The van der Waals surface area contributed by atoms with E-state index >= 15 is 0 Å². The summed E-state index contributed by atoms with van der Waals surface area (Å²) in [6.45, 7) is 1.18. The minimum absolute atomic E-state index is 0.491. The molecule has 0 spiro atoms. The Hall–Kier alpha value is -1.16. The van der Waals surface area contributed by atoms with Crippen molar-refractivity contribution in [2.24, 2.45) is 5.73 Å². The fraction of sp³-hybridized carbons (Fsp3) is 0.333. The Kier molecular flexibility index (Phi) is 3.35. The number of primary amides is 1. The maximum atomic E-state index is 10.5. The van der Waals surface area contributed by atoms with Gasteiger partial charge in [-0.05, 0) is 4.57 Å². The van der Waals surface area contributed by atoms with Crippen LogP contribution in [0.25, 0.3) is 0 Å². The van der Waals surface area contributed by atoms with Gasteiger partial charge in [0.05, 0.1) is 0 Å². The highest BCUT2D eigenvalue weighted by molar-refractivity contribution is 7.41. The highest BCUT2D eigenvalue weighted by atomic mass is 31.1. The van der Waals surface area contributed by atoms with E-state index in [2.05, 4.69) is 5.73 Å². The number of urea groups is 1. The monoisotopic (exact) mass is 164 g/mol. The van der Waals surface area contributed by atoms with Crippen LogP contribution >= 0.6 is 8.10 Å². The molecule has 0 saturated carbocycles. The fourth-order valence-corrected chi connectivity index (χ4v) is 0.813. The number of carbonyl (C=O) groups is 2. The minimum Gasteiger partial charge on any atom is -0.349 e. The van der Waals surface area contributed by atoms with E-state index in [9.17, 15) is 14.2 Å². The van der Waals surface area contributed by atoms with Gasteiger partial charge in [-0.2, -0.15) is 0 Å². The summed E-state index contributed by atoms with van der Waals surface area (Å²) in [7, 11) is -2.23. The lowest BCUT2D eigenvalue weighted by Crippen LogP contribution is -2.28. The van der Waals surface area contributed by atoms with Crippen LogP contribution in [-0.2, 0) is 9.36 Å². The van der Waals surface area contributed by atoms with E-state index in [1.807, 2.05) is 5.09 Å². The van der Waals surface area contributed by atoms with E-state index in [-0.39, 0.29) is 0 Å². The van der Waals surface area contributed by atoms with Crippen molar-refractivity contribution in [3.05, 3.63) is 0 Å². The first-order valence-corrected chi connectivity index (χ1v) is 3.59. The summed E-state index contributed by atoms with van der Waals surface area (Å²) in [5.74, 6) is -0.491. The fourth-order valence-electron chi connectivity index (χ4n) is 0.271. The number of nitrogens with one attached hydrogen (secondary N) is 2. The molecule has 0 radical (unpaired) electrons. The Balaban J connectivity index is 3.65. The standard InChI is InChI=1S/C3H6N3O3P/c1-2(7)5-10(9)6-3(4)8/h1H3,(H3-,4,5,6,7,8,9)/p+1. The molecule has 0 bridgehead atoms. The van der Waals surface area contributed by atoms with Crippen LogP contribution in [0, 0.1) is 0 Å². The summed E-state index contributed by atoms with van der Waals surface area (Å²) < 4.78 is 10.5. The summed E-state index contributed by atoms with van der Waals surface area (Å²) >= 11 is 0. The summed E-state index contributed by atoms with van der Waals surface area (Å²) in [5, 5.41) is 3.72. The summed E-state index contributed by atoms with van der Waals surface area (Å²) in [6, 6.07) is -0.935. The highest BCUT2D eigenvalue weighted by Gasteiger charge is 2.18. The van der Waals surface area contributed by atoms with E-state index in [4.69, 9.17) is 0 Å². The van der Waals surface area contributed by atoms with E-state index in [1.54, 1.807) is 5.09 Å². The molecule has 0 aromatic carbocycles. The van der Waals surface area contributed by atoms with Crippen LogP contribution in [0.1, 0.15) is 6.92 Å². The number of hydrogen-bond acceptors (Lipinski definition) is 3. The predicted molar refractivity (Wildman–Crippen MR) is 34.1 cm³/mol. The zero-order chi connectivity index (χ0) is 8.15. The molecule has 0 saturated heterocycles. The molecule has 0 aromatic heterocycles. The second-order valence-corrected chi connectivity index (χ2v) is 2.47. The maximum Gasteiger partial charge on any atom is 0.597 e. The van der Waals surface area contributed by atoms with Crippen molar-refractivity contribution >= 4 is 20.0 Å². The smallest absolute Gasteiger partial charge is 0.349 e. The van der Waals surface area contributed by atoms with Crippen LogP contribution < -0.4 is 15.9 Å². The third-order valence-corrected chi connectivity index (χ3v) is 1.41. The molecule has 0 aliphatic heterocycles. The number of hydrogen-bond donors (Lipinski definition) is 3. The Morgan fingerprint density at radius 1 is 1.40 bits per heavy atom. The summed E-state index contributed by atoms with van der Waals surface area (Å²) in [6.07, 6.45) is 0. The van der Waals surface area contributed by atoms with Gasteiger partial charge in [-0.25, -0.2) is 4.79 Å². The van der Waals surface area contributed by atoms with Gasteiger partial charge < -0.3 is 5.73 Å². The molecule has 0 fully saturated rings. The molecule has 0 rings (SSSR count). The molecule has 0 heterocycles. The maximum absolute atomic E-state index is 10.5. The van der Waals surface area contributed by atoms with Crippen molar-refractivity contribution in [1.82, 2.24) is 10.2 Å². The van der Waals surface area contributed by atoms with Gasteiger partial charge in [0, 0.05) is 6.92 Å². The molecule has 3 amide bonds. The van der Waals surface area contributed by atoms with Gasteiger partial charge in [-0.3, -0.25) is 4.79 Å². The van der Waals surface area contributed by atoms with Crippen molar-refractivity contribution < 1.29 is 14.2 Å². The number of amides is 3. The molecule has 0 aliphatic carbocycles. The molecule has 1 atom stereocenters. The van der Waals surface area contributed by atoms with Gasteiger partial charge in [0.2, 0.25) is 0 Å². The van der Waals surface area contributed by atoms with Gasteiger partial charge in [0.25, 0.3) is 5.91 Å². The zero-order valence-corrected chi connectivity index (χ0v) is 6.14. The topological polar surface area (TPSA) is 101 Å². The van der Waals surface area contributed by atoms with E-state index in [1.165, 1.54) is 6.92 Å². The molecule has 56 valence electrons. The normalized spacial score (nSPS) is 9.90. The van der Waals surface area contributed by atoms with Gasteiger partial charge in [-0.15, -0.1) is 10.2 Å². The number of carbonyl (C=O) groups excluding carboxylic acids is 2. The Morgan fingerprint density at radius 3 is 2.20 bits per heavy atom. The lowest BCUT2D eigenvalue weighted by Gasteiger charge is -1.84. The van der Waals surface area contributed by atoms with Crippen LogP contribution in [-0.4, -0.2) is 11.9 Å². The second kappa shape index (κ2) is 3.79. The van der Waals surface area contributed by atoms with Crippen LogP contribution in [0.15, 0.2) is 0 Å². The lowest BCUT2D eigenvalue weighted by molar-refractivity contribution is -0.117. The molecule has 4 N–H and O–H groups in total. The van der Waals surface area contributed by atoms with Gasteiger partial charge in [-0.1, -0.05) is 0 Å². The predicted octanol–water partition coefficient (Wildman–Crippen LogP) is -0.552. The quantitative estimate of drug-likeness (QED) is 0.477. The largest absolute Gasteiger partial charge is 0.597 e. The van der Waals surface area contributed by atoms with Crippen molar-refractivity contribution in [3.8, 4) is 0 Å². The molecular weight excluding hydrogens is 157 g/mol. The average molecular weight is 164 g/mol. The van der Waals surface area contributed by atoms with Gasteiger partial charge in [0.1, 0.15) is 0 Å². The first-order valence-electron chi connectivity index (χ1n) is 2.33. The number of rotatable bonds is 2. The highest BCUT2D eigenvalue weighted by Crippen LogP contribution is 2.04. The third kappa shape index (κ3) is 4.99.